The van der Waals surface area contributed by atoms with Gasteiger partial charge in [-0.15, -0.1) is 8.67 Å². The third-order valence-electron chi connectivity index (χ3n) is 9.89. The summed E-state index contributed by atoms with van der Waals surface area (Å²) in [6.45, 7) is 0. The molecule has 0 bridgehead atoms. The van der Waals surface area contributed by atoms with Gasteiger partial charge < -0.3 is 0 Å². The van der Waals surface area contributed by atoms with Crippen LogP contribution in [0.3, 0.4) is 0 Å². The van der Waals surface area contributed by atoms with Gasteiger partial charge in [-0.3, -0.25) is 39.1 Å². The predicted molar refractivity (Wildman–Crippen MR) is 210 cm³/mol. The maximum Gasteiger partial charge on any atom is 0.296 e. The lowest BCUT2D eigenvalue weighted by Gasteiger charge is -2.31. The highest BCUT2D eigenvalue weighted by atomic mass is 32.2. The Morgan fingerprint density at radius 2 is 0.950 bits per heavy atom. The lowest BCUT2D eigenvalue weighted by atomic mass is 9.82. The largest absolute Gasteiger partial charge is 0.296 e. The SMILES string of the molecule is O=C1c2ccc3c4ccc5c6c(ccc(c7ccc(c2c37)C(=O)N1Nc1cc(S(=O)(=O)O)ccc1SOOO)c64)C(=O)N(Nc1cc(SOOO)ccc1S(=O)(=O)O)C5=O. The molecule has 0 saturated heterocycles. The van der Waals surface area contributed by atoms with Crippen LogP contribution in [0.2, 0.25) is 0 Å². The van der Waals surface area contributed by atoms with Crippen LogP contribution in [0.15, 0.2) is 105 Å². The number of anilines is 2. The summed E-state index contributed by atoms with van der Waals surface area (Å²) in [4.78, 5) is 55.4. The minimum atomic E-state index is -4.89. The summed E-state index contributed by atoms with van der Waals surface area (Å²) in [7, 11) is -9.63. The van der Waals surface area contributed by atoms with Gasteiger partial charge in [-0.25, -0.2) is 10.5 Å². The van der Waals surface area contributed by atoms with E-state index in [1.165, 1.54) is 36.4 Å². The van der Waals surface area contributed by atoms with Crippen LogP contribution in [-0.2, 0) is 39.0 Å². The van der Waals surface area contributed by atoms with E-state index >= 15 is 0 Å². The molecule has 304 valence electrons. The van der Waals surface area contributed by atoms with Crippen molar-refractivity contribution in [2.45, 2.75) is 19.6 Å². The summed E-state index contributed by atoms with van der Waals surface area (Å²) >= 11 is 0.856. The summed E-state index contributed by atoms with van der Waals surface area (Å²) < 4.78 is 76.8. The zero-order chi connectivity index (χ0) is 42.4. The number of benzene rings is 7. The molecule has 0 unspecified atom stereocenters. The number of amides is 4. The van der Waals surface area contributed by atoms with Crippen molar-refractivity contribution in [3.8, 4) is 0 Å². The molecule has 2 aliphatic heterocycles. The Morgan fingerprint density at radius 1 is 0.500 bits per heavy atom. The fraction of sp³-hybridized carbons (Fsp3) is 0. The van der Waals surface area contributed by atoms with Gasteiger partial charge in [0.2, 0.25) is 0 Å². The van der Waals surface area contributed by atoms with E-state index in [9.17, 15) is 45.1 Å². The van der Waals surface area contributed by atoms with Crippen LogP contribution < -0.4 is 10.9 Å². The summed E-state index contributed by atoms with van der Waals surface area (Å²) in [6, 6.07) is 18.9. The number of hydrogen-bond acceptors (Lipinski definition) is 18. The molecule has 2 aliphatic rings. The fourth-order valence-corrected chi connectivity index (χ4v) is 9.47. The monoisotopic (exact) mass is 892 g/mol. The number of carbonyl (C=O) groups is 4. The van der Waals surface area contributed by atoms with Crippen molar-refractivity contribution in [1.29, 1.82) is 0 Å². The molecule has 2 heterocycles. The Kier molecular flexibility index (Phi) is 9.43. The van der Waals surface area contributed by atoms with Crippen molar-refractivity contribution in [3.63, 3.8) is 0 Å². The fourth-order valence-electron chi connectivity index (χ4n) is 7.52. The van der Waals surface area contributed by atoms with Crippen LogP contribution in [-0.4, -0.2) is 70.1 Å². The van der Waals surface area contributed by atoms with E-state index in [0.717, 1.165) is 24.3 Å². The number of carbonyl (C=O) groups excluding carboxylic acids is 4. The number of rotatable bonds is 12. The third-order valence-corrected chi connectivity index (χ3v) is 12.9. The molecule has 60 heavy (non-hydrogen) atoms. The van der Waals surface area contributed by atoms with Gasteiger partial charge in [-0.2, -0.15) is 26.9 Å². The molecule has 7 aromatic rings. The Labute approximate surface area is 343 Å². The van der Waals surface area contributed by atoms with Crippen LogP contribution in [0.5, 0.6) is 0 Å². The van der Waals surface area contributed by atoms with Crippen molar-refractivity contribution in [2.75, 3.05) is 10.9 Å². The van der Waals surface area contributed by atoms with Crippen LogP contribution in [0, 0.1) is 0 Å². The molecule has 9 rings (SSSR count). The van der Waals surface area contributed by atoms with Crippen LogP contribution in [0.4, 0.5) is 11.4 Å². The van der Waals surface area contributed by atoms with Gasteiger partial charge in [0.05, 0.1) is 67.5 Å². The minimum absolute atomic E-state index is 0.0385. The number of hydrogen-bond donors (Lipinski definition) is 6. The van der Waals surface area contributed by atoms with Gasteiger partial charge in [-0.1, -0.05) is 34.3 Å². The van der Waals surface area contributed by atoms with Crippen molar-refractivity contribution < 1.29 is 74.4 Å². The molecule has 20 nitrogen and oxygen atoms in total. The Morgan fingerprint density at radius 3 is 1.38 bits per heavy atom. The maximum absolute atomic E-state index is 14.1. The number of hydrazine groups is 2. The molecule has 24 heteroatoms. The molecule has 0 radical (unpaired) electrons. The molecule has 0 aromatic heterocycles. The van der Waals surface area contributed by atoms with Gasteiger partial charge >= 0.3 is 0 Å². The molecule has 0 spiro atoms. The van der Waals surface area contributed by atoms with Gasteiger partial charge in [0.15, 0.2) is 0 Å². The van der Waals surface area contributed by atoms with E-state index in [1.54, 1.807) is 24.3 Å². The lowest BCUT2D eigenvalue weighted by Crippen LogP contribution is -2.44. The highest BCUT2D eigenvalue weighted by molar-refractivity contribution is 7.95. The number of fused-ring (bicyclic) bond motifs is 2. The van der Waals surface area contributed by atoms with E-state index < -0.39 is 53.7 Å². The first-order chi connectivity index (χ1) is 28.6. The van der Waals surface area contributed by atoms with Gasteiger partial charge in [0.25, 0.3) is 43.9 Å². The molecule has 4 amide bonds. The Hall–Kier alpha value is -6.00. The van der Waals surface area contributed by atoms with Crippen LogP contribution in [0.1, 0.15) is 41.4 Å². The zero-order valence-corrected chi connectivity index (χ0v) is 32.6. The first-order valence-electron chi connectivity index (χ1n) is 16.7. The molecule has 0 aliphatic carbocycles. The standard InChI is InChI=1S/C36H20N4O16S4/c41-33-21-7-3-17-19-5-9-23-32-24(36(44)40(35(23)43)38-26-13-15(57-55-53-45)1-12-28(26)60(50,51)52)10-6-20(30(19)32)18-4-8-22(31(21)29(17)18)34(42)39(33)37-25-14-16(59(47,48)49)2-11-27(25)58-56-54-46/h1-14,37-38,45-46H,(H,47,48,49)(H,50,51,52). The second-order valence-electron chi connectivity index (χ2n) is 13.0. The van der Waals surface area contributed by atoms with E-state index in [0.29, 0.717) is 71.8 Å². The number of nitrogens with zero attached hydrogens (tertiary/aromatic N) is 2. The highest BCUT2D eigenvalue weighted by Crippen LogP contribution is 2.46. The normalized spacial score (nSPS) is 14.4. The number of nitrogens with one attached hydrogen (secondary N) is 2. The molecular formula is C36H20N4O16S4. The van der Waals surface area contributed by atoms with Crippen molar-refractivity contribution in [2.24, 2.45) is 0 Å². The molecule has 0 atom stereocenters. The summed E-state index contributed by atoms with van der Waals surface area (Å²) in [6.07, 6.45) is 0. The predicted octanol–water partition coefficient (Wildman–Crippen LogP) is 6.33. The maximum atomic E-state index is 14.1. The van der Waals surface area contributed by atoms with Crippen LogP contribution >= 0.6 is 24.1 Å². The lowest BCUT2D eigenvalue weighted by molar-refractivity contribution is -0.432. The molecule has 6 N–H and O–H groups in total. The molecular weight excluding hydrogens is 873 g/mol. The first kappa shape index (κ1) is 39.5. The first-order valence-corrected chi connectivity index (χ1v) is 21.0. The van der Waals surface area contributed by atoms with Gasteiger partial charge in [0.1, 0.15) is 4.90 Å². The van der Waals surface area contributed by atoms with Gasteiger partial charge in [-0.05, 0) is 93.0 Å². The third kappa shape index (κ3) is 6.17. The second kappa shape index (κ2) is 14.3. The van der Waals surface area contributed by atoms with E-state index in [4.69, 9.17) is 10.5 Å². The van der Waals surface area contributed by atoms with Gasteiger partial charge in [0, 0.05) is 15.7 Å². The number of imide groups is 2. The molecule has 7 aromatic carbocycles. The second-order valence-corrected chi connectivity index (χ2v) is 17.3. The Balaban J connectivity index is 1.15. The molecule has 0 saturated carbocycles. The summed E-state index contributed by atoms with van der Waals surface area (Å²) in [5.74, 6) is -3.41. The topological polar surface area (TPSA) is 285 Å². The van der Waals surface area contributed by atoms with Crippen LogP contribution in [0.25, 0.3) is 43.1 Å². The quantitative estimate of drug-likeness (QED) is 0.0148. The van der Waals surface area contributed by atoms with E-state index in [-0.39, 0.29) is 48.8 Å². The average molecular weight is 893 g/mol. The summed E-state index contributed by atoms with van der Waals surface area (Å²) in [5.41, 5.74) is 4.80. The Bertz CT molecular complexity index is 3190. The summed E-state index contributed by atoms with van der Waals surface area (Å²) in [5, 5.41) is 29.5. The molecule has 0 fully saturated rings. The average Bonchev–Trinajstić information content (AvgIpc) is 3.22. The smallest absolute Gasteiger partial charge is 0.287 e. The van der Waals surface area contributed by atoms with Crippen molar-refractivity contribution in [3.05, 3.63) is 107 Å². The van der Waals surface area contributed by atoms with E-state index in [2.05, 4.69) is 29.6 Å². The minimum Gasteiger partial charge on any atom is -0.287 e. The van der Waals surface area contributed by atoms with Crippen molar-refractivity contribution >= 4 is 122 Å². The highest BCUT2D eigenvalue weighted by Gasteiger charge is 2.38. The van der Waals surface area contributed by atoms with Crippen molar-refractivity contribution in [1.82, 2.24) is 10.0 Å². The van der Waals surface area contributed by atoms with E-state index in [1.807, 2.05) is 0 Å². The zero-order valence-electron chi connectivity index (χ0n) is 29.3.